The number of nitrogens with one attached hydrogen (secondary N) is 1. The Kier molecular flexibility index (Phi) is 4.26. The van der Waals surface area contributed by atoms with Crippen LogP contribution in [0.3, 0.4) is 0 Å². The summed E-state index contributed by atoms with van der Waals surface area (Å²) in [5.41, 5.74) is 1.06. The van der Waals surface area contributed by atoms with Gasteiger partial charge in [0.25, 0.3) is 6.43 Å². The second kappa shape index (κ2) is 6.64. The molecule has 0 amide bonds. The van der Waals surface area contributed by atoms with Gasteiger partial charge in [-0.2, -0.15) is 5.10 Å². The molecule has 1 N–H and O–H groups in total. The molecule has 3 aromatic heterocycles. The van der Waals surface area contributed by atoms with Crippen LogP contribution in [0.1, 0.15) is 18.5 Å². The Labute approximate surface area is 171 Å². The Balaban J connectivity index is 1.41. The number of imidazole rings is 1. The van der Waals surface area contributed by atoms with Crippen molar-refractivity contribution in [3.8, 4) is 11.4 Å². The van der Waals surface area contributed by atoms with Crippen molar-refractivity contribution in [3.05, 3.63) is 36.4 Å². The summed E-state index contributed by atoms with van der Waals surface area (Å²) in [6.07, 6.45) is 2.43. The maximum atomic E-state index is 13.0. The molecular weight excluding hydrogens is 416 g/mol. The average Bonchev–Trinajstić information content (AvgIpc) is 3.06. The smallest absolute Gasteiger partial charge is 0.282 e. The van der Waals surface area contributed by atoms with Crippen molar-refractivity contribution in [1.82, 2.24) is 29.3 Å². The molecule has 0 radical (unpaired) electrons. The zero-order chi connectivity index (χ0) is 21.1. The van der Waals surface area contributed by atoms with E-state index in [9.17, 15) is 17.2 Å². The van der Waals surface area contributed by atoms with Crippen LogP contribution in [0.4, 0.5) is 14.6 Å². The van der Waals surface area contributed by atoms with Gasteiger partial charge in [0.15, 0.2) is 5.65 Å². The van der Waals surface area contributed by atoms with Crippen molar-refractivity contribution < 1.29 is 17.2 Å². The Bertz CT molecular complexity index is 1230. The molecule has 2 atom stereocenters. The van der Waals surface area contributed by atoms with Crippen LogP contribution < -0.4 is 9.62 Å². The molecular formula is C18H19F2N7O2S. The maximum absolute atomic E-state index is 13.0. The van der Waals surface area contributed by atoms with Crippen LogP contribution in [0.5, 0.6) is 0 Å². The highest BCUT2D eigenvalue weighted by molar-refractivity contribution is 7.88. The number of anilines is 1. The predicted molar refractivity (Wildman–Crippen MR) is 105 cm³/mol. The maximum Gasteiger partial charge on any atom is 0.282 e. The van der Waals surface area contributed by atoms with Crippen molar-refractivity contribution in [1.29, 1.82) is 0 Å². The molecule has 3 aromatic rings. The Morgan fingerprint density at radius 1 is 1.30 bits per heavy atom. The Morgan fingerprint density at radius 3 is 2.90 bits per heavy atom. The van der Waals surface area contributed by atoms with E-state index >= 15 is 0 Å². The van der Waals surface area contributed by atoms with Crippen LogP contribution in [-0.2, 0) is 10.0 Å². The number of alkyl halides is 2. The van der Waals surface area contributed by atoms with E-state index in [2.05, 4.69) is 29.7 Å². The molecule has 2 unspecified atom stereocenters. The SMILES string of the molecule is CS(=O)(=O)NCC12CC1CN(c1cc(-c3cnc4ccc(C(F)F)nn34)ncn1)C2. The first-order valence-corrected chi connectivity index (χ1v) is 11.3. The lowest BCUT2D eigenvalue weighted by atomic mass is 10.1. The molecule has 1 saturated carbocycles. The van der Waals surface area contributed by atoms with Gasteiger partial charge < -0.3 is 4.90 Å². The number of hydrogen-bond acceptors (Lipinski definition) is 7. The highest BCUT2D eigenvalue weighted by Gasteiger charge is 2.60. The lowest BCUT2D eigenvalue weighted by Gasteiger charge is -2.22. The van der Waals surface area contributed by atoms with Gasteiger partial charge in [-0.05, 0) is 24.5 Å². The summed E-state index contributed by atoms with van der Waals surface area (Å²) in [6, 6.07) is 4.53. The molecule has 30 heavy (non-hydrogen) atoms. The number of fused-ring (bicyclic) bond motifs is 2. The molecule has 9 nitrogen and oxygen atoms in total. The van der Waals surface area contributed by atoms with Crippen molar-refractivity contribution in [2.45, 2.75) is 12.8 Å². The van der Waals surface area contributed by atoms with Gasteiger partial charge in [-0.25, -0.2) is 41.4 Å². The van der Waals surface area contributed by atoms with E-state index in [1.54, 1.807) is 12.3 Å². The zero-order valence-corrected chi connectivity index (χ0v) is 16.9. The predicted octanol–water partition coefficient (Wildman–Crippen LogP) is 1.50. The topological polar surface area (TPSA) is 105 Å². The van der Waals surface area contributed by atoms with Crippen LogP contribution in [0.2, 0.25) is 0 Å². The summed E-state index contributed by atoms with van der Waals surface area (Å²) in [6.45, 7) is 1.89. The first-order chi connectivity index (χ1) is 14.2. The molecule has 2 fully saturated rings. The first kappa shape index (κ1) is 19.2. The third-order valence-corrected chi connectivity index (χ3v) is 6.51. The largest absolute Gasteiger partial charge is 0.356 e. The van der Waals surface area contributed by atoms with E-state index in [1.165, 1.54) is 23.0 Å². The normalized spacial score (nSPS) is 23.3. The summed E-state index contributed by atoms with van der Waals surface area (Å²) in [7, 11) is -3.24. The van der Waals surface area contributed by atoms with Crippen LogP contribution in [0.25, 0.3) is 17.0 Å². The highest BCUT2D eigenvalue weighted by atomic mass is 32.2. The molecule has 0 bridgehead atoms. The molecule has 0 spiro atoms. The van der Waals surface area contributed by atoms with Crippen LogP contribution in [-0.4, -0.2) is 58.9 Å². The van der Waals surface area contributed by atoms with Gasteiger partial charge in [0, 0.05) is 31.1 Å². The van der Waals surface area contributed by atoms with Crippen molar-refractivity contribution in [3.63, 3.8) is 0 Å². The van der Waals surface area contributed by atoms with E-state index in [0.717, 1.165) is 19.2 Å². The fraction of sp³-hybridized carbons (Fsp3) is 0.444. The third-order valence-electron chi connectivity index (χ3n) is 5.84. The number of rotatable bonds is 6. The van der Waals surface area contributed by atoms with E-state index in [0.29, 0.717) is 41.9 Å². The average molecular weight is 435 g/mol. The van der Waals surface area contributed by atoms with Gasteiger partial charge in [0.05, 0.1) is 18.1 Å². The van der Waals surface area contributed by atoms with Crippen LogP contribution >= 0.6 is 0 Å². The van der Waals surface area contributed by atoms with Gasteiger partial charge in [-0.15, -0.1) is 0 Å². The third kappa shape index (κ3) is 3.39. The van der Waals surface area contributed by atoms with Crippen molar-refractivity contribution in [2.75, 3.05) is 30.8 Å². The fourth-order valence-corrected chi connectivity index (χ4v) is 4.70. The molecule has 4 heterocycles. The summed E-state index contributed by atoms with van der Waals surface area (Å²) < 4.78 is 52.9. The standard InChI is InChI=1S/C18H19F2N7O2S/c1-30(28,29)24-8-18-5-11(18)7-26(9-18)16-4-13(22-10-23-16)14-6-21-15-3-2-12(17(19)20)25-27(14)15/h2-4,6,10-11,17,24H,5,7-9H2,1H3. The molecule has 12 heteroatoms. The minimum absolute atomic E-state index is 0.0643. The minimum Gasteiger partial charge on any atom is -0.356 e. The molecule has 5 rings (SSSR count). The zero-order valence-electron chi connectivity index (χ0n) is 16.0. The quantitative estimate of drug-likeness (QED) is 0.626. The summed E-state index contributed by atoms with van der Waals surface area (Å²) >= 11 is 0. The number of aromatic nitrogens is 5. The monoisotopic (exact) mass is 435 g/mol. The van der Waals surface area contributed by atoms with E-state index < -0.39 is 16.4 Å². The van der Waals surface area contributed by atoms with Crippen LogP contribution in [0.15, 0.2) is 30.7 Å². The lowest BCUT2D eigenvalue weighted by Crippen LogP contribution is -2.34. The molecule has 2 aliphatic rings. The molecule has 1 aliphatic carbocycles. The fourth-order valence-electron chi connectivity index (χ4n) is 4.15. The van der Waals surface area contributed by atoms with Gasteiger partial charge >= 0.3 is 0 Å². The van der Waals surface area contributed by atoms with Gasteiger partial charge in [-0.3, -0.25) is 0 Å². The minimum atomic E-state index is -3.24. The number of nitrogens with zero attached hydrogens (tertiary/aromatic N) is 6. The summed E-state index contributed by atoms with van der Waals surface area (Å²) in [5.74, 6) is 1.11. The van der Waals surface area contributed by atoms with E-state index in [4.69, 9.17) is 0 Å². The van der Waals surface area contributed by atoms with Crippen LogP contribution in [0, 0.1) is 11.3 Å². The Morgan fingerprint density at radius 2 is 2.13 bits per heavy atom. The molecule has 1 saturated heterocycles. The van der Waals surface area contributed by atoms with Gasteiger partial charge in [-0.1, -0.05) is 0 Å². The summed E-state index contributed by atoms with van der Waals surface area (Å²) in [4.78, 5) is 15.0. The molecule has 158 valence electrons. The van der Waals surface area contributed by atoms with E-state index in [-0.39, 0.29) is 11.1 Å². The highest BCUT2D eigenvalue weighted by Crippen LogP contribution is 2.57. The van der Waals surface area contributed by atoms with E-state index in [1.807, 2.05) is 0 Å². The lowest BCUT2D eigenvalue weighted by molar-refractivity contribution is 0.144. The van der Waals surface area contributed by atoms with Gasteiger partial charge in [0.2, 0.25) is 10.0 Å². The molecule has 1 aliphatic heterocycles. The van der Waals surface area contributed by atoms with Crippen molar-refractivity contribution in [2.24, 2.45) is 11.3 Å². The Hall–Kier alpha value is -2.73. The first-order valence-electron chi connectivity index (χ1n) is 9.39. The van der Waals surface area contributed by atoms with Crippen molar-refractivity contribution >= 4 is 21.5 Å². The number of hydrogen-bond donors (Lipinski definition) is 1. The molecule has 0 aromatic carbocycles. The second-order valence-electron chi connectivity index (χ2n) is 7.97. The number of piperidine rings is 1. The van der Waals surface area contributed by atoms with Gasteiger partial charge in [0.1, 0.15) is 23.5 Å². The number of sulfonamides is 1. The summed E-state index contributed by atoms with van der Waals surface area (Å²) in [5, 5.41) is 3.98. The number of halogens is 2. The second-order valence-corrected chi connectivity index (χ2v) is 9.80.